The molecule has 3 aromatic rings. The van der Waals surface area contributed by atoms with Crippen molar-refractivity contribution in [3.8, 4) is 17.0 Å². The van der Waals surface area contributed by atoms with Crippen molar-refractivity contribution >= 4 is 28.8 Å². The van der Waals surface area contributed by atoms with Gasteiger partial charge in [0.1, 0.15) is 22.4 Å². The van der Waals surface area contributed by atoms with Crippen molar-refractivity contribution in [2.75, 3.05) is 11.9 Å². The number of aliphatic hydroxyl groups is 1. The van der Waals surface area contributed by atoms with Crippen LogP contribution in [-0.2, 0) is 9.47 Å². The molecule has 52 heavy (non-hydrogen) atoms. The number of rotatable bonds is 7. The number of hydrogen-bond acceptors (Lipinski definition) is 8. The predicted molar refractivity (Wildman–Crippen MR) is 180 cm³/mol. The highest BCUT2D eigenvalue weighted by molar-refractivity contribution is 5.92. The van der Waals surface area contributed by atoms with Gasteiger partial charge in [0.05, 0.1) is 35.1 Å². The van der Waals surface area contributed by atoms with Gasteiger partial charge in [-0.25, -0.2) is 23.4 Å². The first-order chi connectivity index (χ1) is 24.0. The van der Waals surface area contributed by atoms with Crippen molar-refractivity contribution < 1.29 is 50.9 Å². The molecule has 3 aliphatic rings. The lowest BCUT2D eigenvalue weighted by Gasteiger charge is -2.32. The van der Waals surface area contributed by atoms with Gasteiger partial charge in [0.15, 0.2) is 17.4 Å². The number of likely N-dealkylation sites (tertiary alicyclic amines) is 1. The van der Waals surface area contributed by atoms with E-state index in [0.717, 1.165) is 6.07 Å². The molecule has 2 aliphatic carbocycles. The largest absolute Gasteiger partial charge is 0.573 e. The summed E-state index contributed by atoms with van der Waals surface area (Å²) in [5.74, 6) is -4.93. The molecule has 6 rings (SSSR count). The molecule has 1 aliphatic heterocycles. The van der Waals surface area contributed by atoms with Crippen LogP contribution in [0.1, 0.15) is 104 Å². The highest BCUT2D eigenvalue weighted by Gasteiger charge is 2.65. The third-order valence-corrected chi connectivity index (χ3v) is 9.27. The number of carbonyl (C=O) groups excluding carboxylic acids is 2. The summed E-state index contributed by atoms with van der Waals surface area (Å²) in [5, 5.41) is 18.4. The fourth-order valence-corrected chi connectivity index (χ4v) is 7.29. The molecule has 2 aromatic heterocycles. The van der Waals surface area contributed by atoms with Gasteiger partial charge in [-0.1, -0.05) is 13.8 Å². The Hall–Kier alpha value is -4.21. The Bertz CT molecular complexity index is 1910. The Morgan fingerprint density at radius 3 is 2.17 bits per heavy atom. The number of aromatic nitrogens is 3. The van der Waals surface area contributed by atoms with Crippen molar-refractivity contribution in [1.82, 2.24) is 19.7 Å². The summed E-state index contributed by atoms with van der Waals surface area (Å²) in [7, 11) is 0. The van der Waals surface area contributed by atoms with Gasteiger partial charge in [-0.05, 0) is 85.1 Å². The number of carbonyl (C=O) groups is 2. The number of pyridine rings is 1. The summed E-state index contributed by atoms with van der Waals surface area (Å²) in [6, 6.07) is 0.771. The van der Waals surface area contributed by atoms with Crippen LogP contribution in [0.5, 0.6) is 5.75 Å². The quantitative estimate of drug-likeness (QED) is 0.232. The van der Waals surface area contributed by atoms with E-state index in [-0.39, 0.29) is 41.5 Å². The number of anilines is 1. The minimum Gasteiger partial charge on any atom is -0.444 e. The Balaban J connectivity index is 1.49. The zero-order chi connectivity index (χ0) is 38.4. The van der Waals surface area contributed by atoms with Crippen LogP contribution in [0.4, 0.5) is 37.2 Å². The van der Waals surface area contributed by atoms with Crippen LogP contribution < -0.4 is 10.1 Å². The monoisotopic (exact) mass is 737 g/mol. The second-order valence-corrected chi connectivity index (χ2v) is 16.2. The number of alkyl halides is 3. The lowest BCUT2D eigenvalue weighted by molar-refractivity contribution is -0.275. The minimum atomic E-state index is -5.35. The van der Waals surface area contributed by atoms with Crippen LogP contribution in [0.15, 0.2) is 12.1 Å². The first-order valence-electron chi connectivity index (χ1n) is 17.3. The average Bonchev–Trinajstić information content (AvgIpc) is 3.86. The zero-order valence-corrected chi connectivity index (χ0v) is 30.5. The molecular weight excluding hydrogens is 693 g/mol. The molecule has 5 atom stereocenters. The molecule has 11 nitrogen and oxygen atoms in total. The highest BCUT2D eigenvalue weighted by Crippen LogP contribution is 2.63. The van der Waals surface area contributed by atoms with Crippen LogP contribution in [0.2, 0.25) is 0 Å². The van der Waals surface area contributed by atoms with Crippen LogP contribution in [0.3, 0.4) is 0 Å². The molecule has 0 bridgehead atoms. The Morgan fingerprint density at radius 2 is 1.63 bits per heavy atom. The lowest BCUT2D eigenvalue weighted by atomic mass is 9.97. The highest BCUT2D eigenvalue weighted by atomic mass is 19.4. The maximum Gasteiger partial charge on any atom is 0.573 e. The first-order valence-corrected chi connectivity index (χ1v) is 17.3. The Kier molecular flexibility index (Phi) is 9.19. The van der Waals surface area contributed by atoms with Gasteiger partial charge >= 0.3 is 18.5 Å². The first kappa shape index (κ1) is 37.5. The maximum absolute atomic E-state index is 17.1. The number of nitrogens with one attached hydrogen (secondary N) is 1. The molecule has 2 N–H and O–H groups in total. The molecule has 2 amide bonds. The molecule has 3 fully saturated rings. The molecule has 16 heteroatoms. The number of halogens is 5. The van der Waals surface area contributed by atoms with Gasteiger partial charge in [0.2, 0.25) is 0 Å². The number of aliphatic hydroxyl groups excluding tert-OH is 1. The molecule has 2 saturated carbocycles. The summed E-state index contributed by atoms with van der Waals surface area (Å²) in [6.45, 7) is 15.5. The van der Waals surface area contributed by atoms with Crippen LogP contribution in [0, 0.1) is 23.5 Å². The molecule has 0 spiro atoms. The van der Waals surface area contributed by atoms with Crippen LogP contribution >= 0.6 is 0 Å². The molecule has 1 unspecified atom stereocenters. The van der Waals surface area contributed by atoms with Gasteiger partial charge in [-0.3, -0.25) is 10.00 Å². The zero-order valence-electron chi connectivity index (χ0n) is 30.5. The fourth-order valence-electron chi connectivity index (χ4n) is 7.29. The van der Waals surface area contributed by atoms with Crippen molar-refractivity contribution in [1.29, 1.82) is 0 Å². The van der Waals surface area contributed by atoms with E-state index < -0.39 is 76.5 Å². The van der Waals surface area contributed by atoms with E-state index in [1.54, 1.807) is 62.3 Å². The summed E-state index contributed by atoms with van der Waals surface area (Å²) >= 11 is 0. The van der Waals surface area contributed by atoms with E-state index >= 15 is 8.78 Å². The summed E-state index contributed by atoms with van der Waals surface area (Å²) in [6.07, 6.45) is -6.48. The number of fused-ring (bicyclic) bond motifs is 2. The van der Waals surface area contributed by atoms with Gasteiger partial charge in [0, 0.05) is 29.6 Å². The van der Waals surface area contributed by atoms with Gasteiger partial charge < -0.3 is 24.2 Å². The van der Waals surface area contributed by atoms with Crippen molar-refractivity contribution in [3.05, 3.63) is 35.2 Å². The molecule has 3 heterocycles. The topological polar surface area (TPSA) is 128 Å². The summed E-state index contributed by atoms with van der Waals surface area (Å²) < 4.78 is 90.1. The smallest absolute Gasteiger partial charge is 0.444 e. The third-order valence-electron chi connectivity index (χ3n) is 9.27. The summed E-state index contributed by atoms with van der Waals surface area (Å²) in [4.78, 5) is 31.7. The van der Waals surface area contributed by atoms with Crippen LogP contribution in [0.25, 0.3) is 22.2 Å². The molecule has 0 radical (unpaired) electrons. The van der Waals surface area contributed by atoms with Gasteiger partial charge in [-0.15, -0.1) is 13.2 Å². The molecular formula is C36H44F5N5O6. The second-order valence-electron chi connectivity index (χ2n) is 16.2. The van der Waals surface area contributed by atoms with E-state index in [9.17, 15) is 27.9 Å². The third kappa shape index (κ3) is 7.35. The van der Waals surface area contributed by atoms with Gasteiger partial charge in [0.25, 0.3) is 0 Å². The lowest BCUT2D eigenvalue weighted by Crippen LogP contribution is -2.47. The molecule has 284 valence electrons. The normalized spacial score (nSPS) is 22.4. The average molecular weight is 738 g/mol. The number of piperidine rings is 1. The van der Waals surface area contributed by atoms with E-state index in [0.29, 0.717) is 35.7 Å². The Labute approximate surface area is 297 Å². The van der Waals surface area contributed by atoms with Crippen molar-refractivity contribution in [2.45, 2.75) is 123 Å². The Morgan fingerprint density at radius 1 is 1.00 bits per heavy atom. The molecule has 1 aromatic carbocycles. The maximum atomic E-state index is 17.1. The van der Waals surface area contributed by atoms with E-state index in [4.69, 9.17) is 14.6 Å². The van der Waals surface area contributed by atoms with E-state index in [1.165, 1.54) is 9.58 Å². The van der Waals surface area contributed by atoms with Gasteiger partial charge in [-0.2, -0.15) is 5.10 Å². The number of nitrogens with zero attached hydrogens (tertiary/aromatic N) is 4. The standard InChI is InChI=1S/C36H44F5N5O6/c1-15(2)26-24-28(22-20-14-45(29(16(3)47)23(20)22)33(49)52-35(7,8)9)44-46(18-10-11-18)30(24)25(38)27(43-26)19-12-17(42-32(48)51-34(4,5)6)13-21(37)31(19)50-36(39,40)41/h12-13,15-16,18,20,22-23,29,47H,10-11,14H2,1-9H3,(H,42,48)/t16?,20-,22-,23-,29-/m1/s1. The van der Waals surface area contributed by atoms with Crippen molar-refractivity contribution in [2.24, 2.45) is 11.8 Å². The number of ether oxygens (including phenoxy) is 3. The fraction of sp³-hybridized carbons (Fsp3) is 0.611. The van der Waals surface area contributed by atoms with Crippen LogP contribution in [-0.4, -0.2) is 73.2 Å². The second kappa shape index (κ2) is 12.7. The number of benzene rings is 1. The van der Waals surface area contributed by atoms with Crippen molar-refractivity contribution in [3.63, 3.8) is 0 Å². The molecule has 1 saturated heterocycles. The SMILES string of the molecule is CC(C)c1nc(-c2cc(NC(=O)OC(C)(C)C)cc(F)c2OC(F)(F)F)c(F)c2c1c([C@@H]1[C@H]3CN(C(=O)OC(C)(C)C)[C@H](C(C)O)[C@H]31)nn2C1CC1. The number of hydrogen-bond donors (Lipinski definition) is 2. The predicted octanol–water partition coefficient (Wildman–Crippen LogP) is 8.41. The summed E-state index contributed by atoms with van der Waals surface area (Å²) in [5.41, 5.74) is -2.49. The van der Waals surface area contributed by atoms with E-state index in [1.807, 2.05) is 0 Å². The minimum absolute atomic E-state index is 0.00218. The number of amides is 2. The van der Waals surface area contributed by atoms with E-state index in [2.05, 4.69) is 15.0 Å².